The summed E-state index contributed by atoms with van der Waals surface area (Å²) in [5.41, 5.74) is 2.30. The number of benzene rings is 1. The molecule has 2 rings (SSSR count). The fourth-order valence-electron chi connectivity index (χ4n) is 1.88. The molecule has 2 aromatic rings. The number of aliphatic hydroxyl groups excluding tert-OH is 1. The average Bonchev–Trinajstić information content (AvgIpc) is 2.54. The van der Waals surface area contributed by atoms with Crippen molar-refractivity contribution in [2.75, 3.05) is 11.4 Å². The molecule has 0 aliphatic heterocycles. The summed E-state index contributed by atoms with van der Waals surface area (Å²) in [5, 5.41) is 8.93. The van der Waals surface area contributed by atoms with Gasteiger partial charge in [-0.15, -0.1) is 0 Å². The Labute approximate surface area is 124 Å². The Balaban J connectivity index is 2.32. The Hall–Kier alpha value is -1.92. The topological polar surface area (TPSA) is 70.5 Å². The molecule has 5 nitrogen and oxygen atoms in total. The van der Waals surface area contributed by atoms with Crippen LogP contribution in [0, 0.1) is 0 Å². The molecular weight excluding hydrogens is 288 g/mol. The van der Waals surface area contributed by atoms with Crippen molar-refractivity contribution >= 4 is 15.7 Å². The van der Waals surface area contributed by atoms with E-state index in [1.807, 2.05) is 19.1 Å². The summed E-state index contributed by atoms with van der Waals surface area (Å²) in [5.74, 6) is 0. The first-order valence-electron chi connectivity index (χ1n) is 6.62. The number of aromatic nitrogens is 1. The fourth-order valence-corrected chi connectivity index (χ4v) is 2.98. The molecule has 0 fully saturated rings. The predicted octanol–water partition coefficient (Wildman–Crippen LogP) is 1.96. The van der Waals surface area contributed by atoms with Gasteiger partial charge in [0.1, 0.15) is 0 Å². The van der Waals surface area contributed by atoms with Crippen LogP contribution in [0.15, 0.2) is 47.6 Å². The summed E-state index contributed by atoms with van der Waals surface area (Å²) in [7, 11) is -2.20. The van der Waals surface area contributed by atoms with E-state index in [1.165, 1.54) is 23.6 Å². The number of aryl methyl sites for hydroxylation is 1. The highest BCUT2D eigenvalue weighted by molar-refractivity contribution is 7.92. The SMILES string of the molecule is CCc1ccc(N(C)S(=O)(=O)c2ccc(CO)cn2)cc1. The Kier molecular flexibility index (Phi) is 4.59. The molecule has 21 heavy (non-hydrogen) atoms. The summed E-state index contributed by atoms with van der Waals surface area (Å²) in [6, 6.07) is 10.3. The van der Waals surface area contributed by atoms with Crippen LogP contribution in [0.5, 0.6) is 0 Å². The molecule has 0 aliphatic rings. The minimum absolute atomic E-state index is 0.0400. The van der Waals surface area contributed by atoms with Crippen LogP contribution in [0.2, 0.25) is 0 Å². The molecule has 0 saturated carbocycles. The molecule has 0 radical (unpaired) electrons. The van der Waals surface area contributed by atoms with Crippen molar-refractivity contribution in [2.24, 2.45) is 0 Å². The van der Waals surface area contributed by atoms with Crippen LogP contribution in [-0.2, 0) is 23.1 Å². The van der Waals surface area contributed by atoms with Gasteiger partial charge in [-0.2, -0.15) is 8.42 Å². The van der Waals surface area contributed by atoms with Crippen molar-refractivity contribution in [1.82, 2.24) is 4.98 Å². The molecule has 112 valence electrons. The smallest absolute Gasteiger partial charge is 0.281 e. The largest absolute Gasteiger partial charge is 0.392 e. The van der Waals surface area contributed by atoms with Crippen LogP contribution >= 0.6 is 0 Å². The van der Waals surface area contributed by atoms with Crippen molar-refractivity contribution in [1.29, 1.82) is 0 Å². The van der Waals surface area contributed by atoms with Crippen LogP contribution in [-0.4, -0.2) is 25.6 Å². The van der Waals surface area contributed by atoms with E-state index in [1.54, 1.807) is 18.2 Å². The van der Waals surface area contributed by atoms with E-state index in [-0.39, 0.29) is 11.6 Å². The van der Waals surface area contributed by atoms with Gasteiger partial charge in [-0.05, 0) is 35.7 Å². The Morgan fingerprint density at radius 3 is 2.19 bits per heavy atom. The zero-order valence-corrected chi connectivity index (χ0v) is 12.8. The lowest BCUT2D eigenvalue weighted by Crippen LogP contribution is -2.27. The van der Waals surface area contributed by atoms with Crippen LogP contribution in [0.25, 0.3) is 0 Å². The van der Waals surface area contributed by atoms with Gasteiger partial charge in [0, 0.05) is 13.2 Å². The van der Waals surface area contributed by atoms with Crippen molar-refractivity contribution in [3.8, 4) is 0 Å². The molecule has 1 aromatic carbocycles. The highest BCUT2D eigenvalue weighted by Gasteiger charge is 2.22. The van der Waals surface area contributed by atoms with E-state index in [0.717, 1.165) is 12.0 Å². The minimum atomic E-state index is -3.70. The molecule has 0 unspecified atom stereocenters. The first kappa shape index (κ1) is 15.5. The Bertz CT molecular complexity index is 695. The molecule has 0 saturated heterocycles. The normalized spacial score (nSPS) is 11.4. The van der Waals surface area contributed by atoms with E-state index in [0.29, 0.717) is 11.3 Å². The second-order valence-corrected chi connectivity index (χ2v) is 6.57. The molecule has 1 aromatic heterocycles. The molecule has 1 N–H and O–H groups in total. The van der Waals surface area contributed by atoms with Crippen molar-refractivity contribution < 1.29 is 13.5 Å². The maximum absolute atomic E-state index is 12.5. The second-order valence-electron chi connectivity index (χ2n) is 4.66. The number of pyridine rings is 1. The Morgan fingerprint density at radius 2 is 1.71 bits per heavy atom. The van der Waals surface area contributed by atoms with Crippen LogP contribution in [0.4, 0.5) is 5.69 Å². The van der Waals surface area contributed by atoms with Gasteiger partial charge in [0.25, 0.3) is 10.0 Å². The summed E-state index contributed by atoms with van der Waals surface area (Å²) in [6.07, 6.45) is 2.27. The van der Waals surface area contributed by atoms with Gasteiger partial charge in [0.2, 0.25) is 0 Å². The minimum Gasteiger partial charge on any atom is -0.392 e. The van der Waals surface area contributed by atoms with E-state index in [9.17, 15) is 8.42 Å². The molecule has 1 heterocycles. The highest BCUT2D eigenvalue weighted by atomic mass is 32.2. The summed E-state index contributed by atoms with van der Waals surface area (Å²) >= 11 is 0. The highest BCUT2D eigenvalue weighted by Crippen LogP contribution is 2.21. The molecule has 6 heteroatoms. The lowest BCUT2D eigenvalue weighted by molar-refractivity contribution is 0.281. The van der Waals surface area contributed by atoms with E-state index < -0.39 is 10.0 Å². The number of hydrogen-bond donors (Lipinski definition) is 1. The lowest BCUT2D eigenvalue weighted by Gasteiger charge is -2.19. The van der Waals surface area contributed by atoms with Crippen molar-refractivity contribution in [2.45, 2.75) is 25.0 Å². The molecule has 0 amide bonds. The summed E-state index contributed by atoms with van der Waals surface area (Å²) in [6.45, 7) is 1.88. The third kappa shape index (κ3) is 3.22. The van der Waals surface area contributed by atoms with Gasteiger partial charge < -0.3 is 5.11 Å². The third-order valence-corrected chi connectivity index (χ3v) is 5.02. The maximum Gasteiger partial charge on any atom is 0.281 e. The molecular formula is C15H18N2O3S. The van der Waals surface area contributed by atoms with Crippen molar-refractivity contribution in [3.05, 3.63) is 53.7 Å². The maximum atomic E-state index is 12.5. The molecule has 0 spiro atoms. The standard InChI is InChI=1S/C15H18N2O3S/c1-3-12-4-7-14(8-5-12)17(2)21(19,20)15-9-6-13(11-18)10-16-15/h4-10,18H,3,11H2,1-2H3. The zero-order chi connectivity index (χ0) is 15.5. The number of aliphatic hydroxyl groups is 1. The zero-order valence-electron chi connectivity index (χ0n) is 12.0. The summed E-state index contributed by atoms with van der Waals surface area (Å²) < 4.78 is 26.2. The number of sulfonamides is 1. The summed E-state index contributed by atoms with van der Waals surface area (Å²) in [4.78, 5) is 3.91. The van der Waals surface area contributed by atoms with Crippen LogP contribution < -0.4 is 4.31 Å². The third-order valence-electron chi connectivity index (χ3n) is 3.31. The van der Waals surface area contributed by atoms with Crippen LogP contribution in [0.3, 0.4) is 0 Å². The van der Waals surface area contributed by atoms with E-state index in [4.69, 9.17) is 5.11 Å². The average molecular weight is 306 g/mol. The van der Waals surface area contributed by atoms with Gasteiger partial charge in [0.15, 0.2) is 5.03 Å². The molecule has 0 atom stereocenters. The van der Waals surface area contributed by atoms with Gasteiger partial charge in [-0.25, -0.2) is 4.98 Å². The number of anilines is 1. The van der Waals surface area contributed by atoms with Gasteiger partial charge >= 0.3 is 0 Å². The van der Waals surface area contributed by atoms with E-state index >= 15 is 0 Å². The Morgan fingerprint density at radius 1 is 1.10 bits per heavy atom. The first-order chi connectivity index (χ1) is 9.98. The monoisotopic (exact) mass is 306 g/mol. The van der Waals surface area contributed by atoms with Gasteiger partial charge in [-0.1, -0.05) is 25.1 Å². The quantitative estimate of drug-likeness (QED) is 0.916. The number of nitrogens with zero attached hydrogens (tertiary/aromatic N) is 2. The van der Waals surface area contributed by atoms with Crippen molar-refractivity contribution in [3.63, 3.8) is 0 Å². The molecule has 0 aliphatic carbocycles. The van der Waals surface area contributed by atoms with Crippen LogP contribution in [0.1, 0.15) is 18.1 Å². The number of rotatable bonds is 5. The second kappa shape index (κ2) is 6.24. The lowest BCUT2D eigenvalue weighted by atomic mass is 10.1. The van der Waals surface area contributed by atoms with Gasteiger partial charge in [-0.3, -0.25) is 4.31 Å². The van der Waals surface area contributed by atoms with Gasteiger partial charge in [0.05, 0.1) is 12.3 Å². The fraction of sp³-hybridized carbons (Fsp3) is 0.267. The number of hydrogen-bond acceptors (Lipinski definition) is 4. The first-order valence-corrected chi connectivity index (χ1v) is 8.06. The van der Waals surface area contributed by atoms with E-state index in [2.05, 4.69) is 4.98 Å². The predicted molar refractivity (Wildman–Crippen MR) is 81.6 cm³/mol. The molecule has 0 bridgehead atoms.